The standard InChI is InChI=1S/C18H21N5O/c1-12-9-13(2)23(21-12)16-10-22(11-16)14(3)17-19-20-18(24-17)15-7-5-4-6-8-15/h4-9,14,16H,10-11H2,1-3H3/t14-/m1/s1. The van der Waals surface area contributed by atoms with Crippen LogP contribution < -0.4 is 0 Å². The SMILES string of the molecule is Cc1cc(C)n(C2CN([C@H](C)c3nnc(-c4ccccc4)o3)C2)n1. The molecule has 3 heterocycles. The van der Waals surface area contributed by atoms with Gasteiger partial charge in [0, 0.05) is 24.3 Å². The lowest BCUT2D eigenvalue weighted by Crippen LogP contribution is -2.49. The highest BCUT2D eigenvalue weighted by atomic mass is 16.4. The zero-order valence-corrected chi connectivity index (χ0v) is 14.2. The van der Waals surface area contributed by atoms with Gasteiger partial charge in [-0.05, 0) is 39.0 Å². The van der Waals surface area contributed by atoms with E-state index in [0.29, 0.717) is 17.8 Å². The second-order valence-corrected chi connectivity index (χ2v) is 6.47. The molecule has 0 N–H and O–H groups in total. The summed E-state index contributed by atoms with van der Waals surface area (Å²) in [6.07, 6.45) is 0. The summed E-state index contributed by atoms with van der Waals surface area (Å²) in [5, 5.41) is 13.0. The van der Waals surface area contributed by atoms with Gasteiger partial charge in [0.1, 0.15) is 0 Å². The van der Waals surface area contributed by atoms with Crippen LogP contribution in [0.4, 0.5) is 0 Å². The van der Waals surface area contributed by atoms with Crippen molar-refractivity contribution >= 4 is 0 Å². The zero-order valence-electron chi connectivity index (χ0n) is 14.2. The topological polar surface area (TPSA) is 60.0 Å². The highest BCUT2D eigenvalue weighted by Crippen LogP contribution is 2.32. The molecule has 1 atom stereocenters. The molecule has 6 heteroatoms. The van der Waals surface area contributed by atoms with Gasteiger partial charge in [0.2, 0.25) is 11.8 Å². The highest BCUT2D eigenvalue weighted by Gasteiger charge is 2.35. The lowest BCUT2D eigenvalue weighted by atomic mass is 10.1. The van der Waals surface area contributed by atoms with Crippen LogP contribution in [0.5, 0.6) is 0 Å². The van der Waals surface area contributed by atoms with Gasteiger partial charge in [-0.15, -0.1) is 10.2 Å². The van der Waals surface area contributed by atoms with E-state index in [0.717, 1.165) is 24.3 Å². The molecule has 6 nitrogen and oxygen atoms in total. The first kappa shape index (κ1) is 15.1. The molecule has 0 aliphatic carbocycles. The quantitative estimate of drug-likeness (QED) is 0.738. The number of benzene rings is 1. The third-order valence-electron chi connectivity index (χ3n) is 4.65. The van der Waals surface area contributed by atoms with E-state index in [4.69, 9.17) is 4.42 Å². The summed E-state index contributed by atoms with van der Waals surface area (Å²) in [6, 6.07) is 12.5. The fourth-order valence-electron chi connectivity index (χ4n) is 3.23. The highest BCUT2D eigenvalue weighted by molar-refractivity contribution is 5.51. The van der Waals surface area contributed by atoms with Gasteiger partial charge in [-0.3, -0.25) is 9.58 Å². The fourth-order valence-corrected chi connectivity index (χ4v) is 3.23. The van der Waals surface area contributed by atoms with E-state index in [1.165, 1.54) is 5.69 Å². The Morgan fingerprint density at radius 2 is 1.88 bits per heavy atom. The first-order chi connectivity index (χ1) is 11.6. The maximum atomic E-state index is 5.87. The normalized spacial score (nSPS) is 17.0. The minimum atomic E-state index is 0.114. The van der Waals surface area contributed by atoms with Gasteiger partial charge < -0.3 is 4.42 Å². The Morgan fingerprint density at radius 3 is 2.54 bits per heavy atom. The summed E-state index contributed by atoms with van der Waals surface area (Å²) >= 11 is 0. The molecule has 4 rings (SSSR count). The molecule has 1 saturated heterocycles. The van der Waals surface area contributed by atoms with Crippen molar-refractivity contribution in [2.24, 2.45) is 0 Å². The maximum absolute atomic E-state index is 5.87. The Bertz CT molecular complexity index is 832. The van der Waals surface area contributed by atoms with Crippen molar-refractivity contribution in [3.8, 4) is 11.5 Å². The van der Waals surface area contributed by atoms with Crippen LogP contribution in [0, 0.1) is 13.8 Å². The van der Waals surface area contributed by atoms with Crippen LogP contribution >= 0.6 is 0 Å². The first-order valence-corrected chi connectivity index (χ1v) is 8.27. The average Bonchev–Trinajstić information content (AvgIpc) is 3.14. The molecule has 1 aromatic carbocycles. The van der Waals surface area contributed by atoms with Crippen LogP contribution in [-0.2, 0) is 0 Å². The monoisotopic (exact) mass is 323 g/mol. The van der Waals surface area contributed by atoms with Gasteiger partial charge in [-0.2, -0.15) is 5.10 Å². The first-order valence-electron chi connectivity index (χ1n) is 8.27. The van der Waals surface area contributed by atoms with Crippen LogP contribution in [-0.4, -0.2) is 38.0 Å². The Morgan fingerprint density at radius 1 is 1.12 bits per heavy atom. The Kier molecular flexibility index (Phi) is 3.69. The molecule has 0 bridgehead atoms. The molecule has 1 aliphatic heterocycles. The van der Waals surface area contributed by atoms with Crippen LogP contribution in [0.3, 0.4) is 0 Å². The maximum Gasteiger partial charge on any atom is 0.247 e. The number of likely N-dealkylation sites (tertiary alicyclic amines) is 1. The fraction of sp³-hybridized carbons (Fsp3) is 0.389. The van der Waals surface area contributed by atoms with Gasteiger partial charge in [-0.1, -0.05) is 18.2 Å². The molecule has 2 aromatic heterocycles. The van der Waals surface area contributed by atoms with Crippen molar-refractivity contribution in [1.29, 1.82) is 0 Å². The summed E-state index contributed by atoms with van der Waals surface area (Å²) in [5.74, 6) is 1.24. The van der Waals surface area contributed by atoms with Gasteiger partial charge in [0.25, 0.3) is 0 Å². The molecular formula is C18H21N5O. The van der Waals surface area contributed by atoms with Crippen LogP contribution in [0.1, 0.15) is 36.3 Å². The predicted molar refractivity (Wildman–Crippen MR) is 90.5 cm³/mol. The second-order valence-electron chi connectivity index (χ2n) is 6.47. The summed E-state index contributed by atoms with van der Waals surface area (Å²) in [7, 11) is 0. The minimum absolute atomic E-state index is 0.114. The Labute approximate surface area is 141 Å². The number of aryl methyl sites for hydroxylation is 2. The third-order valence-corrected chi connectivity index (χ3v) is 4.65. The molecule has 0 saturated carbocycles. The molecule has 124 valence electrons. The number of aromatic nitrogens is 4. The van der Waals surface area contributed by atoms with Crippen LogP contribution in [0.15, 0.2) is 40.8 Å². The van der Waals surface area contributed by atoms with Crippen molar-refractivity contribution in [3.05, 3.63) is 53.7 Å². The van der Waals surface area contributed by atoms with E-state index < -0.39 is 0 Å². The van der Waals surface area contributed by atoms with Gasteiger partial charge in [0.05, 0.1) is 17.8 Å². The molecule has 0 spiro atoms. The summed E-state index contributed by atoms with van der Waals surface area (Å²) in [5.41, 5.74) is 3.24. The number of hydrogen-bond donors (Lipinski definition) is 0. The molecule has 0 unspecified atom stereocenters. The summed E-state index contributed by atoms with van der Waals surface area (Å²) in [6.45, 7) is 8.15. The molecule has 1 fully saturated rings. The third kappa shape index (κ3) is 2.63. The van der Waals surface area contributed by atoms with Crippen molar-refractivity contribution in [2.75, 3.05) is 13.1 Å². The molecule has 0 radical (unpaired) electrons. The lowest BCUT2D eigenvalue weighted by Gasteiger charge is -2.42. The zero-order chi connectivity index (χ0) is 16.7. The van der Waals surface area contributed by atoms with Crippen molar-refractivity contribution in [3.63, 3.8) is 0 Å². The molecule has 24 heavy (non-hydrogen) atoms. The van der Waals surface area contributed by atoms with E-state index in [9.17, 15) is 0 Å². The second kappa shape index (κ2) is 5.87. The van der Waals surface area contributed by atoms with Crippen molar-refractivity contribution in [2.45, 2.75) is 32.9 Å². The lowest BCUT2D eigenvalue weighted by molar-refractivity contribution is 0.0473. The summed E-state index contributed by atoms with van der Waals surface area (Å²) in [4.78, 5) is 2.34. The van der Waals surface area contributed by atoms with E-state index in [-0.39, 0.29) is 6.04 Å². The van der Waals surface area contributed by atoms with E-state index in [1.807, 2.05) is 37.3 Å². The largest absolute Gasteiger partial charge is 0.419 e. The van der Waals surface area contributed by atoms with Crippen molar-refractivity contribution in [1.82, 2.24) is 24.9 Å². The number of nitrogens with zero attached hydrogens (tertiary/aromatic N) is 5. The minimum Gasteiger partial charge on any atom is -0.419 e. The average molecular weight is 323 g/mol. The van der Waals surface area contributed by atoms with E-state index in [1.54, 1.807) is 0 Å². The predicted octanol–water partition coefficient (Wildman–Crippen LogP) is 3.17. The van der Waals surface area contributed by atoms with Crippen molar-refractivity contribution < 1.29 is 4.42 Å². The Hall–Kier alpha value is -2.47. The van der Waals surface area contributed by atoms with Gasteiger partial charge in [-0.25, -0.2) is 0 Å². The Balaban J connectivity index is 1.44. The number of rotatable bonds is 4. The molecule has 1 aliphatic rings. The molecule has 3 aromatic rings. The van der Waals surface area contributed by atoms with Crippen LogP contribution in [0.25, 0.3) is 11.5 Å². The smallest absolute Gasteiger partial charge is 0.247 e. The van der Waals surface area contributed by atoms with Crippen LogP contribution in [0.2, 0.25) is 0 Å². The van der Waals surface area contributed by atoms with E-state index >= 15 is 0 Å². The van der Waals surface area contributed by atoms with Gasteiger partial charge in [0.15, 0.2) is 0 Å². The molecule has 0 amide bonds. The number of hydrogen-bond acceptors (Lipinski definition) is 5. The molecular weight excluding hydrogens is 302 g/mol. The van der Waals surface area contributed by atoms with Gasteiger partial charge >= 0.3 is 0 Å². The van der Waals surface area contributed by atoms with E-state index in [2.05, 4.69) is 44.8 Å². The summed E-state index contributed by atoms with van der Waals surface area (Å²) < 4.78 is 8.00.